The van der Waals surface area contributed by atoms with Gasteiger partial charge in [0.05, 0.1) is 0 Å². The molecule has 2 rings (SSSR count). The van der Waals surface area contributed by atoms with E-state index in [1.807, 2.05) is 11.4 Å². The van der Waals surface area contributed by atoms with E-state index in [1.165, 1.54) is 4.88 Å². The largest absolute Gasteiger partial charge is 0.480 e. The lowest BCUT2D eigenvalue weighted by atomic mass is 10.0. The van der Waals surface area contributed by atoms with Crippen molar-refractivity contribution in [3.05, 3.63) is 21.9 Å². The molecule has 1 unspecified atom stereocenters. The zero-order valence-corrected chi connectivity index (χ0v) is 10.8. The molecule has 88 valence electrons. The van der Waals surface area contributed by atoms with Gasteiger partial charge in [0, 0.05) is 23.7 Å². The number of hydrogen-bond acceptors (Lipinski definition) is 4. The van der Waals surface area contributed by atoms with Gasteiger partial charge in [-0.3, -0.25) is 9.69 Å². The van der Waals surface area contributed by atoms with Crippen LogP contribution in [-0.2, 0) is 11.2 Å². The van der Waals surface area contributed by atoms with Crippen LogP contribution in [0.3, 0.4) is 0 Å². The van der Waals surface area contributed by atoms with E-state index in [2.05, 4.69) is 11.2 Å². The second-order valence-corrected chi connectivity index (χ2v) is 5.80. The van der Waals surface area contributed by atoms with E-state index in [0.717, 1.165) is 30.8 Å². The molecule has 1 N–H and O–H groups in total. The molecule has 5 heteroatoms. The minimum atomic E-state index is -0.722. The molecule has 0 amide bonds. The first-order chi connectivity index (χ1) is 7.74. The van der Waals surface area contributed by atoms with Crippen molar-refractivity contribution in [3.8, 4) is 0 Å². The maximum Gasteiger partial charge on any atom is 0.325 e. The summed E-state index contributed by atoms with van der Waals surface area (Å²) in [6.07, 6.45) is 3.04. The van der Waals surface area contributed by atoms with Crippen LogP contribution in [0.25, 0.3) is 0 Å². The van der Waals surface area contributed by atoms with Crippen LogP contribution in [0.15, 0.2) is 11.4 Å². The van der Waals surface area contributed by atoms with Gasteiger partial charge < -0.3 is 5.11 Å². The predicted octanol–water partition coefficient (Wildman–Crippen LogP) is 2.09. The number of hydrogen-bond donors (Lipinski definition) is 1. The van der Waals surface area contributed by atoms with Crippen LogP contribution in [0.5, 0.6) is 0 Å². The van der Waals surface area contributed by atoms with Crippen molar-refractivity contribution in [1.82, 2.24) is 4.90 Å². The predicted molar refractivity (Wildman–Crippen MR) is 68.4 cm³/mol. The summed E-state index contributed by atoms with van der Waals surface area (Å²) in [4.78, 5) is 14.7. The minimum absolute atomic E-state index is 0.429. The molecule has 1 aromatic heterocycles. The summed E-state index contributed by atoms with van der Waals surface area (Å²) in [6, 6.07) is 1.53. The fourth-order valence-corrected chi connectivity index (χ4v) is 3.43. The van der Waals surface area contributed by atoms with Gasteiger partial charge in [-0.15, -0.1) is 11.3 Å². The molecule has 2 heterocycles. The molecule has 0 fully saturated rings. The van der Waals surface area contributed by atoms with E-state index in [1.54, 1.807) is 23.1 Å². The second-order valence-electron chi connectivity index (χ2n) is 3.82. The molecule has 1 aliphatic rings. The van der Waals surface area contributed by atoms with Gasteiger partial charge in [-0.2, -0.15) is 11.8 Å². The Morgan fingerprint density at radius 1 is 1.75 bits per heavy atom. The molecule has 1 aliphatic heterocycles. The van der Waals surface area contributed by atoms with Gasteiger partial charge in [-0.1, -0.05) is 0 Å². The van der Waals surface area contributed by atoms with Crippen molar-refractivity contribution >= 4 is 29.1 Å². The van der Waals surface area contributed by atoms with E-state index in [9.17, 15) is 9.90 Å². The monoisotopic (exact) mass is 257 g/mol. The average molecular weight is 257 g/mol. The molecule has 0 aromatic carbocycles. The van der Waals surface area contributed by atoms with E-state index < -0.39 is 12.0 Å². The number of thioether (sulfide) groups is 1. The normalized spacial score (nSPS) is 20.7. The molecule has 0 bridgehead atoms. The third kappa shape index (κ3) is 2.26. The van der Waals surface area contributed by atoms with Crippen LogP contribution in [0.2, 0.25) is 0 Å². The van der Waals surface area contributed by atoms with Crippen LogP contribution in [0, 0.1) is 0 Å². The summed E-state index contributed by atoms with van der Waals surface area (Å²) in [5, 5.41) is 11.3. The highest BCUT2D eigenvalue weighted by molar-refractivity contribution is 7.98. The number of carboxylic acid groups (broad SMARTS) is 1. The Labute approximate surface area is 103 Å². The van der Waals surface area contributed by atoms with Crippen LogP contribution < -0.4 is 0 Å². The lowest BCUT2D eigenvalue weighted by Gasteiger charge is -2.32. The Morgan fingerprint density at radius 2 is 2.56 bits per heavy atom. The Kier molecular flexibility index (Phi) is 3.89. The SMILES string of the molecule is CSCCN1CCc2sccc2C1C(=O)O. The zero-order valence-electron chi connectivity index (χ0n) is 9.18. The maximum atomic E-state index is 11.3. The Balaban J connectivity index is 2.20. The Hall–Kier alpha value is -0.520. The van der Waals surface area contributed by atoms with E-state index in [-0.39, 0.29) is 0 Å². The lowest BCUT2D eigenvalue weighted by molar-refractivity contribution is -0.143. The smallest absolute Gasteiger partial charge is 0.325 e. The fourth-order valence-electron chi connectivity index (χ4n) is 2.11. The summed E-state index contributed by atoms with van der Waals surface area (Å²) in [7, 11) is 0. The van der Waals surface area contributed by atoms with Crippen LogP contribution in [0.1, 0.15) is 16.5 Å². The molecule has 0 radical (unpaired) electrons. The first-order valence-corrected chi connectivity index (χ1v) is 7.53. The van der Waals surface area contributed by atoms with Crippen molar-refractivity contribution in [1.29, 1.82) is 0 Å². The van der Waals surface area contributed by atoms with Crippen molar-refractivity contribution in [2.75, 3.05) is 25.1 Å². The summed E-state index contributed by atoms with van der Waals surface area (Å²) < 4.78 is 0. The topological polar surface area (TPSA) is 40.5 Å². The third-order valence-corrected chi connectivity index (χ3v) is 4.47. The first kappa shape index (κ1) is 12.0. The molecular weight excluding hydrogens is 242 g/mol. The van der Waals surface area contributed by atoms with E-state index in [4.69, 9.17) is 0 Å². The van der Waals surface area contributed by atoms with E-state index >= 15 is 0 Å². The number of carbonyl (C=O) groups is 1. The van der Waals surface area contributed by atoms with Crippen LogP contribution in [-0.4, -0.2) is 41.1 Å². The fraction of sp³-hybridized carbons (Fsp3) is 0.545. The van der Waals surface area contributed by atoms with Crippen molar-refractivity contribution in [2.24, 2.45) is 0 Å². The standard InChI is InChI=1S/C11H15NO2S2/c1-15-7-5-12-4-2-9-8(3-6-16-9)10(12)11(13)14/h3,6,10H,2,4-5,7H2,1H3,(H,13,14). The lowest BCUT2D eigenvalue weighted by Crippen LogP contribution is -2.40. The van der Waals surface area contributed by atoms with Crippen molar-refractivity contribution in [2.45, 2.75) is 12.5 Å². The molecule has 3 nitrogen and oxygen atoms in total. The minimum Gasteiger partial charge on any atom is -0.480 e. The van der Waals surface area contributed by atoms with Gasteiger partial charge in [-0.05, 0) is 29.7 Å². The maximum absolute atomic E-state index is 11.3. The number of aliphatic carboxylic acids is 1. The van der Waals surface area contributed by atoms with Crippen LogP contribution in [0.4, 0.5) is 0 Å². The third-order valence-electron chi connectivity index (χ3n) is 2.88. The molecule has 16 heavy (non-hydrogen) atoms. The van der Waals surface area contributed by atoms with Gasteiger partial charge in [0.25, 0.3) is 0 Å². The molecule has 1 atom stereocenters. The van der Waals surface area contributed by atoms with Gasteiger partial charge in [-0.25, -0.2) is 0 Å². The molecule has 0 saturated heterocycles. The second kappa shape index (κ2) is 5.21. The molecular formula is C11H15NO2S2. The van der Waals surface area contributed by atoms with Crippen molar-refractivity contribution < 1.29 is 9.90 Å². The Morgan fingerprint density at radius 3 is 3.25 bits per heavy atom. The molecule has 0 saturated carbocycles. The summed E-state index contributed by atoms with van der Waals surface area (Å²) in [5.41, 5.74) is 1.00. The molecule has 1 aromatic rings. The average Bonchev–Trinajstić information content (AvgIpc) is 2.72. The van der Waals surface area contributed by atoms with E-state index in [0.29, 0.717) is 0 Å². The zero-order chi connectivity index (χ0) is 11.5. The first-order valence-electron chi connectivity index (χ1n) is 5.26. The molecule has 0 spiro atoms. The number of fused-ring (bicyclic) bond motifs is 1. The highest BCUT2D eigenvalue weighted by atomic mass is 32.2. The number of rotatable bonds is 4. The number of nitrogens with zero attached hydrogens (tertiary/aromatic N) is 1. The quantitative estimate of drug-likeness (QED) is 0.896. The number of thiophene rings is 1. The van der Waals surface area contributed by atoms with Crippen molar-refractivity contribution in [3.63, 3.8) is 0 Å². The summed E-state index contributed by atoms with van der Waals surface area (Å²) >= 11 is 3.44. The van der Waals surface area contributed by atoms with Gasteiger partial charge >= 0.3 is 5.97 Å². The van der Waals surface area contributed by atoms with Crippen LogP contribution >= 0.6 is 23.1 Å². The van der Waals surface area contributed by atoms with Gasteiger partial charge in [0.1, 0.15) is 6.04 Å². The summed E-state index contributed by atoms with van der Waals surface area (Å²) in [6.45, 7) is 1.72. The Bertz CT molecular complexity index is 378. The molecule has 0 aliphatic carbocycles. The number of carboxylic acids is 1. The summed E-state index contributed by atoms with van der Waals surface area (Å²) in [5.74, 6) is 0.268. The highest BCUT2D eigenvalue weighted by Gasteiger charge is 2.33. The highest BCUT2D eigenvalue weighted by Crippen LogP contribution is 2.33. The van der Waals surface area contributed by atoms with Gasteiger partial charge in [0.15, 0.2) is 0 Å². The van der Waals surface area contributed by atoms with Gasteiger partial charge in [0.2, 0.25) is 0 Å².